The maximum absolute atomic E-state index is 9.85. The summed E-state index contributed by atoms with van der Waals surface area (Å²) in [6, 6.07) is 7.56. The Bertz CT molecular complexity index is 643. The molecule has 1 aromatic carbocycles. The van der Waals surface area contributed by atoms with E-state index in [4.69, 9.17) is 12.2 Å². The maximum atomic E-state index is 9.85. The topological polar surface area (TPSA) is 64.0 Å². The zero-order valence-corrected chi connectivity index (χ0v) is 11.2. The quantitative estimate of drug-likeness (QED) is 0.619. The van der Waals surface area contributed by atoms with E-state index in [1.807, 2.05) is 29.2 Å². The number of H-pyrrole nitrogens is 1. The summed E-state index contributed by atoms with van der Waals surface area (Å²) < 4.78 is 0. The van der Waals surface area contributed by atoms with Crippen molar-refractivity contribution in [1.29, 1.82) is 0 Å². The summed E-state index contributed by atoms with van der Waals surface area (Å²) in [5, 5.41) is 19.3. The van der Waals surface area contributed by atoms with Crippen LogP contribution in [0.3, 0.4) is 0 Å². The third-order valence-electron chi connectivity index (χ3n) is 3.27. The van der Waals surface area contributed by atoms with Gasteiger partial charge in [-0.3, -0.25) is 0 Å². The molecule has 0 amide bonds. The Morgan fingerprint density at radius 1 is 1.26 bits per heavy atom. The van der Waals surface area contributed by atoms with Crippen molar-refractivity contribution in [3.63, 3.8) is 0 Å². The molecule has 1 aliphatic heterocycles. The highest BCUT2D eigenvalue weighted by molar-refractivity contribution is 7.80. The molecule has 0 radical (unpaired) electrons. The normalized spacial score (nSPS) is 15.7. The van der Waals surface area contributed by atoms with Gasteiger partial charge < -0.3 is 15.0 Å². The van der Waals surface area contributed by atoms with Gasteiger partial charge >= 0.3 is 0 Å². The molecule has 1 saturated heterocycles. The molecule has 0 atom stereocenters. The average molecular weight is 274 g/mol. The smallest absolute Gasteiger partial charge is 0.218 e. The van der Waals surface area contributed by atoms with E-state index >= 15 is 0 Å². The molecule has 0 bridgehead atoms. The summed E-state index contributed by atoms with van der Waals surface area (Å²) in [5.41, 5.74) is 1.28. The first-order valence-electron chi connectivity index (χ1n) is 6.26. The fourth-order valence-corrected chi connectivity index (χ4v) is 2.50. The van der Waals surface area contributed by atoms with Crippen LogP contribution in [0.15, 0.2) is 34.5 Å². The van der Waals surface area contributed by atoms with Crippen molar-refractivity contribution in [2.24, 2.45) is 10.2 Å². The van der Waals surface area contributed by atoms with Crippen LogP contribution in [0, 0.1) is 0 Å². The third kappa shape index (κ3) is 2.31. The van der Waals surface area contributed by atoms with E-state index < -0.39 is 0 Å². The number of para-hydroxylation sites is 1. The predicted molar refractivity (Wildman–Crippen MR) is 77.9 cm³/mol. The second kappa shape index (κ2) is 4.97. The SMILES string of the molecule is Oc1[nH]c2ccccc2c1N=NC(=S)N1CCCC1. The van der Waals surface area contributed by atoms with Gasteiger partial charge in [-0.15, -0.1) is 10.2 Å². The lowest BCUT2D eigenvalue weighted by Crippen LogP contribution is -2.23. The number of aromatic nitrogens is 1. The molecule has 0 spiro atoms. The molecule has 5 nitrogen and oxygen atoms in total. The zero-order chi connectivity index (χ0) is 13.2. The molecule has 6 heteroatoms. The van der Waals surface area contributed by atoms with Crippen molar-refractivity contribution in [2.75, 3.05) is 13.1 Å². The summed E-state index contributed by atoms with van der Waals surface area (Å²) in [6.07, 6.45) is 2.29. The minimum atomic E-state index is 0.0224. The number of likely N-dealkylation sites (tertiary alicyclic amines) is 1. The first kappa shape index (κ1) is 12.1. The highest BCUT2D eigenvalue weighted by Crippen LogP contribution is 2.35. The molecular weight excluding hydrogens is 260 g/mol. The summed E-state index contributed by atoms with van der Waals surface area (Å²) in [4.78, 5) is 4.90. The number of rotatable bonds is 1. The average Bonchev–Trinajstić information content (AvgIpc) is 3.03. The van der Waals surface area contributed by atoms with Gasteiger partial charge in [0.15, 0.2) is 5.69 Å². The molecule has 2 aromatic rings. The minimum absolute atomic E-state index is 0.0224. The van der Waals surface area contributed by atoms with E-state index in [9.17, 15) is 5.11 Å². The van der Waals surface area contributed by atoms with Crippen molar-refractivity contribution >= 4 is 33.9 Å². The van der Waals surface area contributed by atoms with E-state index in [-0.39, 0.29) is 5.88 Å². The molecule has 3 rings (SSSR count). The Labute approximate surface area is 116 Å². The molecular formula is C13H14N4OS. The number of thiocarbonyl (C=S) groups is 1. The van der Waals surface area contributed by atoms with Crippen molar-refractivity contribution in [3.05, 3.63) is 24.3 Å². The lowest BCUT2D eigenvalue weighted by molar-refractivity contribution is 0.459. The molecule has 98 valence electrons. The number of hydrogen-bond acceptors (Lipinski definition) is 3. The molecule has 1 aliphatic rings. The Kier molecular flexibility index (Phi) is 3.16. The molecule has 1 aromatic heterocycles. The van der Waals surface area contributed by atoms with Gasteiger partial charge in [-0.1, -0.05) is 18.2 Å². The van der Waals surface area contributed by atoms with Crippen LogP contribution in [-0.2, 0) is 0 Å². The number of fused-ring (bicyclic) bond motifs is 1. The summed E-state index contributed by atoms with van der Waals surface area (Å²) >= 11 is 5.23. The van der Waals surface area contributed by atoms with Gasteiger partial charge in [0.1, 0.15) is 0 Å². The first-order valence-corrected chi connectivity index (χ1v) is 6.67. The van der Waals surface area contributed by atoms with Crippen LogP contribution < -0.4 is 0 Å². The Morgan fingerprint density at radius 2 is 2.00 bits per heavy atom. The van der Waals surface area contributed by atoms with E-state index in [1.165, 1.54) is 0 Å². The summed E-state index contributed by atoms with van der Waals surface area (Å²) in [5.74, 6) is 0.0224. The van der Waals surface area contributed by atoms with Gasteiger partial charge in [0.05, 0.1) is 5.52 Å². The van der Waals surface area contributed by atoms with Gasteiger partial charge in [-0.2, -0.15) is 0 Å². The Morgan fingerprint density at radius 3 is 2.79 bits per heavy atom. The molecule has 0 unspecified atom stereocenters. The standard InChI is InChI=1S/C13H14N4OS/c18-12-11(9-5-1-2-6-10(9)14-12)15-16-13(19)17-7-3-4-8-17/h1-2,5-6,14,18H,3-4,7-8H2. The van der Waals surface area contributed by atoms with E-state index in [0.717, 1.165) is 36.8 Å². The number of hydrogen-bond donors (Lipinski definition) is 2. The highest BCUT2D eigenvalue weighted by Gasteiger charge is 2.15. The van der Waals surface area contributed by atoms with E-state index in [1.54, 1.807) is 0 Å². The van der Waals surface area contributed by atoms with Gasteiger partial charge in [-0.25, -0.2) is 0 Å². The van der Waals surface area contributed by atoms with E-state index in [0.29, 0.717) is 10.8 Å². The van der Waals surface area contributed by atoms with Crippen LogP contribution in [-0.4, -0.2) is 33.2 Å². The number of benzene rings is 1. The van der Waals surface area contributed by atoms with Crippen LogP contribution in [0.25, 0.3) is 10.9 Å². The third-order valence-corrected chi connectivity index (χ3v) is 3.61. The van der Waals surface area contributed by atoms with Gasteiger partial charge in [0.25, 0.3) is 0 Å². The van der Waals surface area contributed by atoms with Crippen LogP contribution in [0.1, 0.15) is 12.8 Å². The highest BCUT2D eigenvalue weighted by atomic mass is 32.1. The van der Waals surface area contributed by atoms with Gasteiger partial charge in [-0.05, 0) is 31.1 Å². The largest absolute Gasteiger partial charge is 0.493 e. The van der Waals surface area contributed by atoms with Crippen LogP contribution in [0.4, 0.5) is 5.69 Å². The molecule has 0 saturated carbocycles. The lowest BCUT2D eigenvalue weighted by atomic mass is 10.2. The number of nitrogens with zero attached hydrogens (tertiary/aromatic N) is 3. The number of nitrogens with one attached hydrogen (secondary N) is 1. The van der Waals surface area contributed by atoms with Crippen molar-refractivity contribution in [2.45, 2.75) is 12.8 Å². The molecule has 2 N–H and O–H groups in total. The summed E-state index contributed by atoms with van der Waals surface area (Å²) in [7, 11) is 0. The van der Waals surface area contributed by atoms with Crippen LogP contribution in [0.5, 0.6) is 5.88 Å². The molecule has 2 heterocycles. The first-order chi connectivity index (χ1) is 9.25. The Hall–Kier alpha value is -1.95. The second-order valence-corrected chi connectivity index (χ2v) is 4.91. The van der Waals surface area contributed by atoms with Crippen LogP contribution >= 0.6 is 12.2 Å². The Balaban J connectivity index is 1.88. The van der Waals surface area contributed by atoms with E-state index in [2.05, 4.69) is 15.2 Å². The predicted octanol–water partition coefficient (Wildman–Crippen LogP) is 3.34. The second-order valence-electron chi connectivity index (χ2n) is 4.54. The van der Waals surface area contributed by atoms with Crippen molar-refractivity contribution in [3.8, 4) is 5.88 Å². The van der Waals surface area contributed by atoms with Crippen molar-refractivity contribution in [1.82, 2.24) is 9.88 Å². The summed E-state index contributed by atoms with van der Waals surface area (Å²) in [6.45, 7) is 1.88. The molecule has 1 fully saturated rings. The fraction of sp³-hybridized carbons (Fsp3) is 0.308. The van der Waals surface area contributed by atoms with Crippen molar-refractivity contribution < 1.29 is 5.11 Å². The van der Waals surface area contributed by atoms with Gasteiger partial charge in [0, 0.05) is 18.5 Å². The minimum Gasteiger partial charge on any atom is -0.493 e. The van der Waals surface area contributed by atoms with Gasteiger partial charge in [0.2, 0.25) is 11.0 Å². The molecule has 0 aliphatic carbocycles. The number of aromatic amines is 1. The van der Waals surface area contributed by atoms with Crippen LogP contribution in [0.2, 0.25) is 0 Å². The number of aromatic hydroxyl groups is 1. The number of azo groups is 1. The fourth-order valence-electron chi connectivity index (χ4n) is 2.28. The lowest BCUT2D eigenvalue weighted by Gasteiger charge is -2.12. The monoisotopic (exact) mass is 274 g/mol. The zero-order valence-electron chi connectivity index (χ0n) is 10.3. The molecule has 19 heavy (non-hydrogen) atoms. The maximum Gasteiger partial charge on any atom is 0.218 e.